The van der Waals surface area contributed by atoms with Crippen LogP contribution in [0, 0.1) is 17.6 Å². The van der Waals surface area contributed by atoms with E-state index in [1.54, 1.807) is 0 Å². The predicted molar refractivity (Wildman–Crippen MR) is 60.3 cm³/mol. The van der Waals surface area contributed by atoms with Gasteiger partial charge in [0, 0.05) is 12.7 Å². The molecular formula is C13H18F2O. The molecule has 0 aliphatic carbocycles. The fourth-order valence-corrected chi connectivity index (χ4v) is 1.96. The molecule has 0 saturated carbocycles. The maximum absolute atomic E-state index is 13.1. The highest BCUT2D eigenvalue weighted by Gasteiger charge is 2.14. The van der Waals surface area contributed by atoms with Crippen molar-refractivity contribution in [1.29, 1.82) is 0 Å². The van der Waals surface area contributed by atoms with Crippen molar-refractivity contribution in [3.05, 3.63) is 35.4 Å². The SMILES string of the molecule is CC(C)CC(CCO)c1cc(F)cc(F)c1. The summed E-state index contributed by atoms with van der Waals surface area (Å²) < 4.78 is 26.1. The minimum absolute atomic E-state index is 0.0233. The summed E-state index contributed by atoms with van der Waals surface area (Å²) in [7, 11) is 0. The van der Waals surface area contributed by atoms with Gasteiger partial charge in [-0.2, -0.15) is 0 Å². The van der Waals surface area contributed by atoms with Crippen LogP contribution in [0.2, 0.25) is 0 Å². The van der Waals surface area contributed by atoms with E-state index in [1.807, 2.05) is 0 Å². The van der Waals surface area contributed by atoms with Crippen LogP contribution in [0.4, 0.5) is 8.78 Å². The molecule has 0 radical (unpaired) electrons. The van der Waals surface area contributed by atoms with Gasteiger partial charge in [0.05, 0.1) is 0 Å². The van der Waals surface area contributed by atoms with Crippen LogP contribution in [0.5, 0.6) is 0 Å². The normalized spacial score (nSPS) is 13.1. The monoisotopic (exact) mass is 228 g/mol. The number of hydrogen-bond donors (Lipinski definition) is 1. The van der Waals surface area contributed by atoms with E-state index in [9.17, 15) is 8.78 Å². The van der Waals surface area contributed by atoms with E-state index in [1.165, 1.54) is 12.1 Å². The van der Waals surface area contributed by atoms with E-state index >= 15 is 0 Å². The molecule has 0 fully saturated rings. The third-order valence-corrected chi connectivity index (χ3v) is 2.59. The summed E-state index contributed by atoms with van der Waals surface area (Å²) in [5, 5.41) is 8.96. The molecule has 1 aromatic rings. The third kappa shape index (κ3) is 3.89. The lowest BCUT2D eigenvalue weighted by molar-refractivity contribution is 0.267. The van der Waals surface area contributed by atoms with Gasteiger partial charge in [-0.15, -0.1) is 0 Å². The zero-order valence-electron chi connectivity index (χ0n) is 9.71. The van der Waals surface area contributed by atoms with Gasteiger partial charge in [-0.25, -0.2) is 8.78 Å². The summed E-state index contributed by atoms with van der Waals surface area (Å²) in [5.41, 5.74) is 0.639. The van der Waals surface area contributed by atoms with E-state index in [2.05, 4.69) is 13.8 Å². The largest absolute Gasteiger partial charge is 0.396 e. The second kappa shape index (κ2) is 5.94. The molecule has 0 bridgehead atoms. The van der Waals surface area contributed by atoms with Gasteiger partial charge >= 0.3 is 0 Å². The van der Waals surface area contributed by atoms with Gasteiger partial charge in [-0.1, -0.05) is 13.8 Å². The zero-order valence-corrected chi connectivity index (χ0v) is 9.71. The molecule has 0 saturated heterocycles. The second-order valence-electron chi connectivity index (χ2n) is 4.54. The molecular weight excluding hydrogens is 210 g/mol. The average Bonchev–Trinajstić information content (AvgIpc) is 2.14. The Hall–Kier alpha value is -0.960. The molecule has 1 rings (SSSR count). The van der Waals surface area contributed by atoms with Crippen LogP contribution >= 0.6 is 0 Å². The number of halogens is 2. The lowest BCUT2D eigenvalue weighted by atomic mass is 9.88. The Morgan fingerprint density at radius 2 is 1.69 bits per heavy atom. The number of aliphatic hydroxyl groups is 1. The third-order valence-electron chi connectivity index (χ3n) is 2.59. The van der Waals surface area contributed by atoms with Crippen LogP contribution < -0.4 is 0 Å². The molecule has 1 N–H and O–H groups in total. The van der Waals surface area contributed by atoms with Crippen LogP contribution in [0.15, 0.2) is 18.2 Å². The second-order valence-corrected chi connectivity index (χ2v) is 4.54. The molecule has 1 aromatic carbocycles. The van der Waals surface area contributed by atoms with Crippen LogP contribution in [-0.2, 0) is 0 Å². The smallest absolute Gasteiger partial charge is 0.126 e. The predicted octanol–water partition coefficient (Wildman–Crippen LogP) is 3.48. The van der Waals surface area contributed by atoms with E-state index in [0.717, 1.165) is 12.5 Å². The molecule has 1 nitrogen and oxygen atoms in total. The molecule has 1 unspecified atom stereocenters. The van der Waals surface area contributed by atoms with E-state index in [-0.39, 0.29) is 12.5 Å². The van der Waals surface area contributed by atoms with Crippen molar-refractivity contribution in [3.8, 4) is 0 Å². The first-order valence-corrected chi connectivity index (χ1v) is 5.59. The van der Waals surface area contributed by atoms with E-state index in [0.29, 0.717) is 17.9 Å². The molecule has 0 amide bonds. The number of rotatable bonds is 5. The summed E-state index contributed by atoms with van der Waals surface area (Å²) in [5.74, 6) is -0.651. The highest BCUT2D eigenvalue weighted by Crippen LogP contribution is 2.28. The van der Waals surface area contributed by atoms with Crippen LogP contribution in [0.1, 0.15) is 38.2 Å². The Labute approximate surface area is 95.1 Å². The summed E-state index contributed by atoms with van der Waals surface area (Å²) in [6.45, 7) is 4.15. The Kier molecular flexibility index (Phi) is 4.87. The molecule has 90 valence electrons. The Morgan fingerprint density at radius 1 is 1.12 bits per heavy atom. The highest BCUT2D eigenvalue weighted by atomic mass is 19.1. The maximum atomic E-state index is 13.1. The van der Waals surface area contributed by atoms with Gasteiger partial charge in [0.15, 0.2) is 0 Å². The molecule has 16 heavy (non-hydrogen) atoms. The van der Waals surface area contributed by atoms with Crippen molar-refractivity contribution < 1.29 is 13.9 Å². The van der Waals surface area contributed by atoms with Crippen LogP contribution in [0.25, 0.3) is 0 Å². The van der Waals surface area contributed by atoms with Crippen molar-refractivity contribution in [1.82, 2.24) is 0 Å². The van der Waals surface area contributed by atoms with E-state index in [4.69, 9.17) is 5.11 Å². The summed E-state index contributed by atoms with van der Waals surface area (Å²) >= 11 is 0. The summed E-state index contributed by atoms with van der Waals surface area (Å²) in [6, 6.07) is 3.58. The van der Waals surface area contributed by atoms with Gasteiger partial charge in [0.1, 0.15) is 11.6 Å². The van der Waals surface area contributed by atoms with Crippen molar-refractivity contribution in [2.45, 2.75) is 32.6 Å². The van der Waals surface area contributed by atoms with Gasteiger partial charge < -0.3 is 5.11 Å². The Balaban J connectivity index is 2.90. The van der Waals surface area contributed by atoms with Crippen molar-refractivity contribution in [3.63, 3.8) is 0 Å². The summed E-state index contributed by atoms with van der Waals surface area (Å²) in [4.78, 5) is 0. The fraction of sp³-hybridized carbons (Fsp3) is 0.538. The highest BCUT2D eigenvalue weighted by molar-refractivity contribution is 5.22. The zero-order chi connectivity index (χ0) is 12.1. The molecule has 0 spiro atoms. The minimum Gasteiger partial charge on any atom is -0.396 e. The van der Waals surface area contributed by atoms with Gasteiger partial charge in [0.25, 0.3) is 0 Å². The molecule has 0 aromatic heterocycles. The Bertz CT molecular complexity index is 316. The van der Waals surface area contributed by atoms with Gasteiger partial charge in [-0.05, 0) is 42.4 Å². The molecule has 3 heteroatoms. The van der Waals surface area contributed by atoms with Crippen LogP contribution in [-0.4, -0.2) is 11.7 Å². The van der Waals surface area contributed by atoms with Gasteiger partial charge in [0.2, 0.25) is 0 Å². The molecule has 1 atom stereocenters. The number of hydrogen-bond acceptors (Lipinski definition) is 1. The topological polar surface area (TPSA) is 20.2 Å². The lowest BCUT2D eigenvalue weighted by Crippen LogP contribution is -2.06. The standard InChI is InChI=1S/C13H18F2O/c1-9(2)5-10(3-4-16)11-6-12(14)8-13(15)7-11/h6-10,16H,3-5H2,1-2H3. The number of benzene rings is 1. The van der Waals surface area contributed by atoms with E-state index < -0.39 is 11.6 Å². The van der Waals surface area contributed by atoms with Crippen molar-refractivity contribution >= 4 is 0 Å². The number of aliphatic hydroxyl groups excluding tert-OH is 1. The quantitative estimate of drug-likeness (QED) is 0.818. The van der Waals surface area contributed by atoms with Crippen molar-refractivity contribution in [2.24, 2.45) is 5.92 Å². The van der Waals surface area contributed by atoms with Gasteiger partial charge in [-0.3, -0.25) is 0 Å². The maximum Gasteiger partial charge on any atom is 0.126 e. The molecule has 0 aliphatic rings. The first-order chi connectivity index (χ1) is 7.52. The van der Waals surface area contributed by atoms with Crippen molar-refractivity contribution in [2.75, 3.05) is 6.61 Å². The first kappa shape index (κ1) is 13.1. The fourth-order valence-electron chi connectivity index (χ4n) is 1.96. The Morgan fingerprint density at radius 3 is 2.12 bits per heavy atom. The first-order valence-electron chi connectivity index (χ1n) is 5.59. The summed E-state index contributed by atoms with van der Waals surface area (Å²) in [6.07, 6.45) is 1.37. The average molecular weight is 228 g/mol. The molecule has 0 heterocycles. The van der Waals surface area contributed by atoms with Crippen LogP contribution in [0.3, 0.4) is 0 Å². The molecule has 0 aliphatic heterocycles. The lowest BCUT2D eigenvalue weighted by Gasteiger charge is -2.18. The minimum atomic E-state index is -0.554.